The fourth-order valence-electron chi connectivity index (χ4n) is 4.07. The summed E-state index contributed by atoms with van der Waals surface area (Å²) in [5.74, 6) is 0.0334. The van der Waals surface area contributed by atoms with E-state index in [1.54, 1.807) is 0 Å². The van der Waals surface area contributed by atoms with Crippen molar-refractivity contribution in [2.24, 2.45) is 0 Å². The molecule has 0 spiro atoms. The lowest BCUT2D eigenvalue weighted by molar-refractivity contribution is -0.0293. The normalized spacial score (nSPS) is 18.8. The number of morpholine rings is 1. The number of benzene rings is 2. The zero-order valence-corrected chi connectivity index (χ0v) is 16.7. The van der Waals surface area contributed by atoms with Gasteiger partial charge in [-0.25, -0.2) is 0 Å². The molecule has 1 saturated heterocycles. The zero-order chi connectivity index (χ0) is 19.1. The molecular formula is C24H33NO2. The lowest BCUT2D eigenvalue weighted by atomic mass is 9.74. The van der Waals surface area contributed by atoms with Crippen LogP contribution in [0.1, 0.15) is 48.8 Å². The first kappa shape index (κ1) is 20.1. The lowest BCUT2D eigenvalue weighted by Crippen LogP contribution is -2.45. The van der Waals surface area contributed by atoms with Crippen LogP contribution in [0.3, 0.4) is 0 Å². The van der Waals surface area contributed by atoms with Gasteiger partial charge in [-0.05, 0) is 24.5 Å². The molecule has 146 valence electrons. The standard InChI is InChI=1S/C24H33NO2/c1-3-4-14-24(26,22-12-10-20(2)11-13-22)23(21-8-6-5-7-9-21)19-25-15-17-27-18-16-25/h5-13,23,26H,3-4,14-19H2,1-2H3. The van der Waals surface area contributed by atoms with Crippen molar-refractivity contribution in [1.82, 2.24) is 4.90 Å². The van der Waals surface area contributed by atoms with Gasteiger partial charge in [0.15, 0.2) is 0 Å². The van der Waals surface area contributed by atoms with Gasteiger partial charge in [-0.3, -0.25) is 4.90 Å². The van der Waals surface area contributed by atoms with Crippen LogP contribution in [0.4, 0.5) is 0 Å². The second-order valence-electron chi connectivity index (χ2n) is 7.77. The summed E-state index contributed by atoms with van der Waals surface area (Å²) in [6.07, 6.45) is 2.86. The van der Waals surface area contributed by atoms with Gasteiger partial charge in [0, 0.05) is 25.6 Å². The fraction of sp³-hybridized carbons (Fsp3) is 0.500. The molecule has 1 heterocycles. The average molecular weight is 368 g/mol. The minimum Gasteiger partial charge on any atom is -0.384 e. The van der Waals surface area contributed by atoms with Crippen molar-refractivity contribution < 1.29 is 9.84 Å². The number of hydrogen-bond acceptors (Lipinski definition) is 3. The Balaban J connectivity index is 1.99. The highest BCUT2D eigenvalue weighted by Crippen LogP contribution is 2.41. The van der Waals surface area contributed by atoms with E-state index in [0.717, 1.165) is 57.7 Å². The van der Waals surface area contributed by atoms with Crippen LogP contribution in [0.2, 0.25) is 0 Å². The molecule has 1 aliphatic heterocycles. The molecule has 0 aliphatic carbocycles. The second-order valence-corrected chi connectivity index (χ2v) is 7.77. The van der Waals surface area contributed by atoms with Crippen LogP contribution >= 0.6 is 0 Å². The third kappa shape index (κ3) is 4.98. The third-order valence-electron chi connectivity index (χ3n) is 5.79. The van der Waals surface area contributed by atoms with Crippen molar-refractivity contribution in [1.29, 1.82) is 0 Å². The number of ether oxygens (including phenoxy) is 1. The van der Waals surface area contributed by atoms with E-state index in [1.807, 2.05) is 6.07 Å². The van der Waals surface area contributed by atoms with Crippen molar-refractivity contribution in [3.05, 3.63) is 71.3 Å². The molecule has 2 aromatic rings. The Bertz CT molecular complexity index is 679. The first-order valence-electron chi connectivity index (χ1n) is 10.3. The van der Waals surface area contributed by atoms with Gasteiger partial charge in [-0.2, -0.15) is 0 Å². The molecule has 1 aliphatic rings. The van der Waals surface area contributed by atoms with Crippen molar-refractivity contribution >= 4 is 0 Å². The first-order chi connectivity index (χ1) is 13.1. The Morgan fingerprint density at radius 3 is 2.33 bits per heavy atom. The zero-order valence-electron chi connectivity index (χ0n) is 16.7. The van der Waals surface area contributed by atoms with Gasteiger partial charge in [0.25, 0.3) is 0 Å². The second kappa shape index (κ2) is 9.50. The molecule has 3 nitrogen and oxygen atoms in total. The number of hydrogen-bond donors (Lipinski definition) is 1. The third-order valence-corrected chi connectivity index (χ3v) is 5.79. The number of nitrogens with zero attached hydrogens (tertiary/aromatic N) is 1. The highest BCUT2D eigenvalue weighted by Gasteiger charge is 2.39. The number of unbranched alkanes of at least 4 members (excludes halogenated alkanes) is 1. The molecule has 2 atom stereocenters. The minimum absolute atomic E-state index is 0.0334. The summed E-state index contributed by atoms with van der Waals surface area (Å²) in [7, 11) is 0. The van der Waals surface area contributed by atoms with Crippen LogP contribution in [0, 0.1) is 6.92 Å². The number of aliphatic hydroxyl groups is 1. The summed E-state index contributed by atoms with van der Waals surface area (Å²) in [6, 6.07) is 19.0. The summed E-state index contributed by atoms with van der Waals surface area (Å²) in [5, 5.41) is 12.1. The SMILES string of the molecule is CCCCC(O)(c1ccc(C)cc1)C(CN1CCOCC1)c1ccccc1. The van der Waals surface area contributed by atoms with Crippen LogP contribution < -0.4 is 0 Å². The Kier molecular flexibility index (Phi) is 7.06. The maximum absolute atomic E-state index is 12.1. The van der Waals surface area contributed by atoms with Crippen molar-refractivity contribution in [3.8, 4) is 0 Å². The number of rotatable bonds is 8. The van der Waals surface area contributed by atoms with Crippen LogP contribution in [-0.2, 0) is 10.3 Å². The molecule has 1 N–H and O–H groups in total. The van der Waals surface area contributed by atoms with Gasteiger partial charge in [-0.15, -0.1) is 0 Å². The Morgan fingerprint density at radius 1 is 1.04 bits per heavy atom. The van der Waals surface area contributed by atoms with Gasteiger partial charge >= 0.3 is 0 Å². The van der Waals surface area contributed by atoms with E-state index in [0.29, 0.717) is 0 Å². The van der Waals surface area contributed by atoms with Gasteiger partial charge in [0.1, 0.15) is 0 Å². The molecule has 1 fully saturated rings. The van der Waals surface area contributed by atoms with Crippen LogP contribution in [0.25, 0.3) is 0 Å². The monoisotopic (exact) mass is 367 g/mol. The summed E-state index contributed by atoms with van der Waals surface area (Å²) in [4.78, 5) is 2.44. The molecule has 3 heteroatoms. The predicted molar refractivity (Wildman–Crippen MR) is 111 cm³/mol. The smallest absolute Gasteiger partial charge is 0.0977 e. The van der Waals surface area contributed by atoms with Gasteiger partial charge in [0.2, 0.25) is 0 Å². The van der Waals surface area contributed by atoms with Gasteiger partial charge in [0.05, 0.1) is 18.8 Å². The first-order valence-corrected chi connectivity index (χ1v) is 10.3. The quantitative estimate of drug-likeness (QED) is 0.746. The molecule has 2 aromatic carbocycles. The summed E-state index contributed by atoms with van der Waals surface area (Å²) < 4.78 is 5.53. The van der Waals surface area contributed by atoms with E-state index < -0.39 is 5.60 Å². The highest BCUT2D eigenvalue weighted by molar-refractivity contribution is 5.33. The maximum Gasteiger partial charge on any atom is 0.0977 e. The Labute approximate surface area is 164 Å². The molecular weight excluding hydrogens is 334 g/mol. The highest BCUT2D eigenvalue weighted by atomic mass is 16.5. The van der Waals surface area contributed by atoms with E-state index in [4.69, 9.17) is 4.74 Å². The molecule has 0 bridgehead atoms. The minimum atomic E-state index is -0.872. The molecule has 0 saturated carbocycles. The number of aryl methyl sites for hydroxylation is 1. The van der Waals surface area contributed by atoms with E-state index in [-0.39, 0.29) is 5.92 Å². The predicted octanol–water partition coefficient (Wildman–Crippen LogP) is 4.49. The Hall–Kier alpha value is -1.68. The van der Waals surface area contributed by atoms with E-state index in [9.17, 15) is 5.11 Å². The average Bonchev–Trinajstić information content (AvgIpc) is 2.72. The van der Waals surface area contributed by atoms with Crippen molar-refractivity contribution in [2.45, 2.75) is 44.6 Å². The van der Waals surface area contributed by atoms with Crippen LogP contribution in [0.5, 0.6) is 0 Å². The topological polar surface area (TPSA) is 32.7 Å². The molecule has 0 amide bonds. The van der Waals surface area contributed by atoms with Crippen molar-refractivity contribution in [2.75, 3.05) is 32.8 Å². The van der Waals surface area contributed by atoms with E-state index >= 15 is 0 Å². The summed E-state index contributed by atoms with van der Waals surface area (Å²) in [5.41, 5.74) is 2.59. The van der Waals surface area contributed by atoms with Gasteiger partial charge in [-0.1, -0.05) is 79.9 Å². The van der Waals surface area contributed by atoms with Crippen LogP contribution in [-0.4, -0.2) is 42.9 Å². The van der Waals surface area contributed by atoms with Crippen molar-refractivity contribution in [3.63, 3.8) is 0 Å². The fourth-order valence-corrected chi connectivity index (χ4v) is 4.07. The molecule has 3 rings (SSSR count). The largest absolute Gasteiger partial charge is 0.384 e. The maximum atomic E-state index is 12.1. The summed E-state index contributed by atoms with van der Waals surface area (Å²) >= 11 is 0. The van der Waals surface area contributed by atoms with E-state index in [2.05, 4.69) is 67.3 Å². The van der Waals surface area contributed by atoms with Crippen LogP contribution in [0.15, 0.2) is 54.6 Å². The lowest BCUT2D eigenvalue weighted by Gasteiger charge is -2.41. The molecule has 2 unspecified atom stereocenters. The van der Waals surface area contributed by atoms with Gasteiger partial charge < -0.3 is 9.84 Å². The Morgan fingerprint density at radius 2 is 1.70 bits per heavy atom. The summed E-state index contributed by atoms with van der Waals surface area (Å²) in [6.45, 7) is 8.55. The molecule has 0 aromatic heterocycles. The van der Waals surface area contributed by atoms with E-state index in [1.165, 1.54) is 11.1 Å². The molecule has 0 radical (unpaired) electrons. The molecule has 27 heavy (non-hydrogen) atoms.